The second kappa shape index (κ2) is 7.10. The van der Waals surface area contributed by atoms with Crippen LogP contribution in [0.2, 0.25) is 0 Å². The molecule has 0 aliphatic heterocycles. The van der Waals surface area contributed by atoms with Crippen molar-refractivity contribution in [3.05, 3.63) is 66.0 Å². The standard InChI is InChI=1S/C16H16FNOS/c1-12(16(19)18-15-8-3-2-4-9-15)20-11-13-6-5-7-14(17)10-13/h2-10,12H,11H2,1H3,(H,18,19). The Bertz CT molecular complexity index is 574. The number of carbonyl (C=O) groups is 1. The van der Waals surface area contributed by atoms with Crippen molar-refractivity contribution in [1.29, 1.82) is 0 Å². The lowest BCUT2D eigenvalue weighted by molar-refractivity contribution is -0.115. The lowest BCUT2D eigenvalue weighted by atomic mass is 10.2. The second-order valence-electron chi connectivity index (χ2n) is 4.44. The summed E-state index contributed by atoms with van der Waals surface area (Å²) in [4.78, 5) is 12.0. The van der Waals surface area contributed by atoms with Crippen LogP contribution in [-0.4, -0.2) is 11.2 Å². The van der Waals surface area contributed by atoms with E-state index in [9.17, 15) is 9.18 Å². The van der Waals surface area contributed by atoms with E-state index in [4.69, 9.17) is 0 Å². The number of nitrogens with one attached hydrogen (secondary N) is 1. The summed E-state index contributed by atoms with van der Waals surface area (Å²) in [5, 5.41) is 2.66. The number of hydrogen-bond donors (Lipinski definition) is 1. The lowest BCUT2D eigenvalue weighted by Crippen LogP contribution is -2.22. The quantitative estimate of drug-likeness (QED) is 0.898. The highest BCUT2D eigenvalue weighted by Gasteiger charge is 2.13. The molecule has 0 heterocycles. The topological polar surface area (TPSA) is 29.1 Å². The van der Waals surface area contributed by atoms with Crippen LogP contribution >= 0.6 is 11.8 Å². The molecule has 20 heavy (non-hydrogen) atoms. The molecule has 0 radical (unpaired) electrons. The summed E-state index contributed by atoms with van der Waals surface area (Å²) >= 11 is 1.49. The maximum Gasteiger partial charge on any atom is 0.237 e. The largest absolute Gasteiger partial charge is 0.325 e. The van der Waals surface area contributed by atoms with Crippen LogP contribution in [0.15, 0.2) is 54.6 Å². The van der Waals surface area contributed by atoms with Crippen molar-refractivity contribution in [2.45, 2.75) is 17.9 Å². The van der Waals surface area contributed by atoms with Crippen LogP contribution in [0.25, 0.3) is 0 Å². The van der Waals surface area contributed by atoms with Gasteiger partial charge in [-0.05, 0) is 36.8 Å². The van der Waals surface area contributed by atoms with E-state index in [0.717, 1.165) is 11.3 Å². The molecular weight excluding hydrogens is 273 g/mol. The average molecular weight is 289 g/mol. The first kappa shape index (κ1) is 14.6. The molecule has 0 aromatic heterocycles. The highest BCUT2D eigenvalue weighted by molar-refractivity contribution is 7.99. The summed E-state index contributed by atoms with van der Waals surface area (Å²) in [6.45, 7) is 1.85. The molecule has 1 unspecified atom stereocenters. The van der Waals surface area contributed by atoms with Gasteiger partial charge in [-0.1, -0.05) is 30.3 Å². The summed E-state index contributed by atoms with van der Waals surface area (Å²) in [6.07, 6.45) is 0. The van der Waals surface area contributed by atoms with E-state index in [1.54, 1.807) is 6.07 Å². The van der Waals surface area contributed by atoms with Crippen LogP contribution in [0.3, 0.4) is 0 Å². The first-order valence-corrected chi connectivity index (χ1v) is 7.42. The van der Waals surface area contributed by atoms with E-state index in [1.165, 1.54) is 23.9 Å². The van der Waals surface area contributed by atoms with Gasteiger partial charge in [-0.3, -0.25) is 4.79 Å². The normalized spacial score (nSPS) is 11.9. The Balaban J connectivity index is 1.85. The van der Waals surface area contributed by atoms with Crippen LogP contribution in [0.1, 0.15) is 12.5 Å². The fourth-order valence-corrected chi connectivity index (χ4v) is 2.52. The summed E-state index contributed by atoms with van der Waals surface area (Å²) in [5.41, 5.74) is 1.67. The van der Waals surface area contributed by atoms with Gasteiger partial charge in [0.15, 0.2) is 0 Å². The number of rotatable bonds is 5. The van der Waals surface area contributed by atoms with Crippen molar-refractivity contribution >= 4 is 23.4 Å². The van der Waals surface area contributed by atoms with Crippen LogP contribution in [0, 0.1) is 5.82 Å². The van der Waals surface area contributed by atoms with E-state index in [1.807, 2.05) is 43.3 Å². The van der Waals surface area contributed by atoms with E-state index >= 15 is 0 Å². The van der Waals surface area contributed by atoms with Gasteiger partial charge in [0.25, 0.3) is 0 Å². The molecule has 2 aromatic rings. The van der Waals surface area contributed by atoms with Gasteiger partial charge in [-0.2, -0.15) is 0 Å². The third-order valence-electron chi connectivity index (χ3n) is 2.80. The van der Waals surface area contributed by atoms with Crippen molar-refractivity contribution in [2.75, 3.05) is 5.32 Å². The zero-order valence-electron chi connectivity index (χ0n) is 11.2. The Kier molecular flexibility index (Phi) is 5.18. The fraction of sp³-hybridized carbons (Fsp3) is 0.188. The molecule has 1 atom stereocenters. The van der Waals surface area contributed by atoms with Gasteiger partial charge in [0.05, 0.1) is 5.25 Å². The Morgan fingerprint density at radius 3 is 2.65 bits per heavy atom. The molecule has 2 rings (SSSR count). The summed E-state index contributed by atoms with van der Waals surface area (Å²) in [7, 11) is 0. The van der Waals surface area contributed by atoms with E-state index < -0.39 is 0 Å². The number of amides is 1. The number of halogens is 1. The van der Waals surface area contributed by atoms with Crippen LogP contribution in [-0.2, 0) is 10.5 Å². The number of hydrogen-bond acceptors (Lipinski definition) is 2. The molecule has 0 fully saturated rings. The van der Waals surface area contributed by atoms with E-state index in [-0.39, 0.29) is 17.0 Å². The molecule has 0 bridgehead atoms. The first-order chi connectivity index (χ1) is 9.65. The van der Waals surface area contributed by atoms with Gasteiger partial charge in [0.2, 0.25) is 5.91 Å². The monoisotopic (exact) mass is 289 g/mol. The van der Waals surface area contributed by atoms with Gasteiger partial charge in [0, 0.05) is 11.4 Å². The SMILES string of the molecule is CC(SCc1cccc(F)c1)C(=O)Nc1ccccc1. The Morgan fingerprint density at radius 2 is 1.95 bits per heavy atom. The minimum atomic E-state index is -0.246. The molecule has 1 amide bonds. The predicted molar refractivity (Wildman–Crippen MR) is 82.2 cm³/mol. The molecule has 104 valence electrons. The van der Waals surface area contributed by atoms with Crippen LogP contribution in [0.4, 0.5) is 10.1 Å². The van der Waals surface area contributed by atoms with Crippen molar-refractivity contribution < 1.29 is 9.18 Å². The van der Waals surface area contributed by atoms with Crippen molar-refractivity contribution in [2.24, 2.45) is 0 Å². The molecule has 0 aliphatic carbocycles. The summed E-state index contributed by atoms with van der Waals surface area (Å²) in [5.74, 6) is 0.323. The van der Waals surface area contributed by atoms with Crippen LogP contribution in [0.5, 0.6) is 0 Å². The molecule has 2 aromatic carbocycles. The number of para-hydroxylation sites is 1. The third kappa shape index (κ3) is 4.38. The molecular formula is C16H16FNOS. The Morgan fingerprint density at radius 1 is 1.20 bits per heavy atom. The molecule has 2 nitrogen and oxygen atoms in total. The molecule has 0 spiro atoms. The third-order valence-corrected chi connectivity index (χ3v) is 4.01. The van der Waals surface area contributed by atoms with Gasteiger partial charge < -0.3 is 5.32 Å². The number of anilines is 1. The average Bonchev–Trinajstić information content (AvgIpc) is 2.46. The minimum Gasteiger partial charge on any atom is -0.325 e. The number of thioether (sulfide) groups is 1. The van der Waals surface area contributed by atoms with Crippen molar-refractivity contribution in [1.82, 2.24) is 0 Å². The van der Waals surface area contributed by atoms with Crippen molar-refractivity contribution in [3.8, 4) is 0 Å². The summed E-state index contributed by atoms with van der Waals surface area (Å²) < 4.78 is 13.0. The minimum absolute atomic E-state index is 0.0439. The highest BCUT2D eigenvalue weighted by Crippen LogP contribution is 2.19. The van der Waals surface area contributed by atoms with E-state index in [0.29, 0.717) is 5.75 Å². The Labute approximate surface area is 122 Å². The Hall–Kier alpha value is -1.81. The van der Waals surface area contributed by atoms with E-state index in [2.05, 4.69) is 5.32 Å². The maximum absolute atomic E-state index is 13.0. The molecule has 1 N–H and O–H groups in total. The number of benzene rings is 2. The first-order valence-electron chi connectivity index (χ1n) is 6.37. The number of carbonyl (C=O) groups excluding carboxylic acids is 1. The van der Waals surface area contributed by atoms with Gasteiger partial charge in [0.1, 0.15) is 5.82 Å². The van der Waals surface area contributed by atoms with Crippen LogP contribution < -0.4 is 5.32 Å². The smallest absolute Gasteiger partial charge is 0.237 e. The zero-order chi connectivity index (χ0) is 14.4. The van der Waals surface area contributed by atoms with Gasteiger partial charge >= 0.3 is 0 Å². The maximum atomic E-state index is 13.0. The molecule has 4 heteroatoms. The fourth-order valence-electron chi connectivity index (χ4n) is 1.69. The van der Waals surface area contributed by atoms with Gasteiger partial charge in [-0.15, -0.1) is 11.8 Å². The molecule has 0 saturated carbocycles. The van der Waals surface area contributed by atoms with Gasteiger partial charge in [-0.25, -0.2) is 4.39 Å². The lowest BCUT2D eigenvalue weighted by Gasteiger charge is -2.12. The van der Waals surface area contributed by atoms with Crippen molar-refractivity contribution in [3.63, 3.8) is 0 Å². The molecule has 0 saturated heterocycles. The highest BCUT2D eigenvalue weighted by atomic mass is 32.2. The molecule has 0 aliphatic rings. The summed E-state index contributed by atoms with van der Waals surface area (Å²) in [6, 6.07) is 15.8. The predicted octanol–water partition coefficient (Wildman–Crippen LogP) is 4.09. The second-order valence-corrected chi connectivity index (χ2v) is 5.77. The zero-order valence-corrected chi connectivity index (χ0v) is 12.0.